The molecule has 9 nitrogen and oxygen atoms in total. The molecule has 1 aliphatic rings. The third kappa shape index (κ3) is 3.94. The van der Waals surface area contributed by atoms with Crippen molar-refractivity contribution in [2.24, 2.45) is 0 Å². The molecule has 1 amide bonds. The molecular formula is C24H24ClN5O4. The summed E-state index contributed by atoms with van der Waals surface area (Å²) in [5.74, 6) is 0.275. The first kappa shape index (κ1) is 23.2. The zero-order chi connectivity index (χ0) is 24.4. The molecule has 1 atom stereocenters. The number of aromatic hydroxyl groups is 1. The van der Waals surface area contributed by atoms with E-state index in [4.69, 9.17) is 16.3 Å². The Morgan fingerprint density at radius 2 is 1.97 bits per heavy atom. The van der Waals surface area contributed by atoms with Crippen LogP contribution in [0.4, 0.5) is 16.4 Å². The smallest absolute Gasteiger partial charge is 0.413 e. The van der Waals surface area contributed by atoms with E-state index in [1.165, 1.54) is 14.2 Å². The topological polar surface area (TPSA) is 110 Å². The van der Waals surface area contributed by atoms with Crippen LogP contribution >= 0.6 is 11.6 Å². The standard InChI is InChI=1S/C22H18ClN5O4.C2H6/c1-31-16-10-11(9-14(23)20(16)29)17-13-7-8-28-19(13)18(12-5-3-4-6-15(12)24-17)25-21(27-28)26-22(30)32-2;1-2/h3-10,17,24,29H,1-2H3,(H,26,27,30);1-2H3. The Labute approximate surface area is 201 Å². The fourth-order valence-electron chi connectivity index (χ4n) is 3.89. The molecule has 0 spiro atoms. The lowest BCUT2D eigenvalue weighted by Crippen LogP contribution is -2.15. The van der Waals surface area contributed by atoms with Crippen LogP contribution in [0.2, 0.25) is 5.02 Å². The van der Waals surface area contributed by atoms with E-state index in [1.54, 1.807) is 22.8 Å². The molecule has 0 aliphatic carbocycles. The van der Waals surface area contributed by atoms with Crippen molar-refractivity contribution in [1.82, 2.24) is 14.6 Å². The number of fused-ring (bicyclic) bond motifs is 2. The lowest BCUT2D eigenvalue weighted by atomic mass is 9.99. The molecule has 3 N–H and O–H groups in total. The summed E-state index contributed by atoms with van der Waals surface area (Å²) in [5, 5.41) is 20.9. The molecule has 0 saturated heterocycles. The molecular weight excluding hydrogens is 458 g/mol. The molecule has 10 heteroatoms. The third-order valence-electron chi connectivity index (χ3n) is 5.34. The molecule has 4 aromatic rings. The number of hydrogen-bond donors (Lipinski definition) is 3. The Hall–Kier alpha value is -3.98. The number of carbonyl (C=O) groups excluding carboxylic acids is 1. The molecule has 0 saturated carbocycles. The molecule has 1 aliphatic heterocycles. The summed E-state index contributed by atoms with van der Waals surface area (Å²) in [6, 6.07) is 12.7. The highest BCUT2D eigenvalue weighted by Crippen LogP contribution is 2.44. The van der Waals surface area contributed by atoms with Crippen molar-refractivity contribution in [2.75, 3.05) is 24.9 Å². The largest absolute Gasteiger partial charge is 0.503 e. The summed E-state index contributed by atoms with van der Waals surface area (Å²) in [4.78, 5) is 16.3. The fourth-order valence-corrected chi connectivity index (χ4v) is 4.11. The van der Waals surface area contributed by atoms with E-state index in [-0.39, 0.29) is 28.5 Å². The summed E-state index contributed by atoms with van der Waals surface area (Å²) < 4.78 is 11.6. The number of rotatable bonds is 3. The van der Waals surface area contributed by atoms with Gasteiger partial charge in [0.1, 0.15) is 5.69 Å². The Bertz CT molecular complexity index is 1370. The van der Waals surface area contributed by atoms with Gasteiger partial charge in [-0.25, -0.2) is 14.3 Å². The number of methoxy groups -OCH3 is 2. The summed E-state index contributed by atoms with van der Waals surface area (Å²) in [6.45, 7) is 4.00. The average molecular weight is 482 g/mol. The van der Waals surface area contributed by atoms with Gasteiger partial charge < -0.3 is 19.9 Å². The number of phenolic OH excluding ortho intramolecular Hbond substituents is 1. The number of para-hydroxylation sites is 1. The summed E-state index contributed by atoms with van der Waals surface area (Å²) in [5.41, 5.74) is 4.77. The van der Waals surface area contributed by atoms with Crippen LogP contribution in [0.5, 0.6) is 11.5 Å². The van der Waals surface area contributed by atoms with Gasteiger partial charge in [-0.2, -0.15) is 0 Å². The number of phenols is 1. The molecule has 5 rings (SSSR count). The molecule has 2 aromatic heterocycles. The molecule has 0 bridgehead atoms. The highest BCUT2D eigenvalue weighted by atomic mass is 35.5. The predicted molar refractivity (Wildman–Crippen MR) is 131 cm³/mol. The van der Waals surface area contributed by atoms with Crippen LogP contribution in [0.1, 0.15) is 31.0 Å². The van der Waals surface area contributed by atoms with Gasteiger partial charge in [0.2, 0.25) is 0 Å². The zero-order valence-corrected chi connectivity index (χ0v) is 19.8. The van der Waals surface area contributed by atoms with E-state index >= 15 is 0 Å². The van der Waals surface area contributed by atoms with Gasteiger partial charge in [-0.05, 0) is 29.8 Å². The van der Waals surface area contributed by atoms with E-state index in [0.717, 1.165) is 27.9 Å². The van der Waals surface area contributed by atoms with Crippen LogP contribution in [0.3, 0.4) is 0 Å². The van der Waals surface area contributed by atoms with Crippen LogP contribution in [0, 0.1) is 0 Å². The number of benzene rings is 2. The minimum absolute atomic E-state index is 0.115. The van der Waals surface area contributed by atoms with E-state index in [0.29, 0.717) is 5.69 Å². The second-order valence-electron chi connectivity index (χ2n) is 7.14. The van der Waals surface area contributed by atoms with Gasteiger partial charge in [0.25, 0.3) is 5.95 Å². The second kappa shape index (κ2) is 9.48. The maximum Gasteiger partial charge on any atom is 0.413 e. The van der Waals surface area contributed by atoms with Crippen LogP contribution in [0.15, 0.2) is 48.7 Å². The van der Waals surface area contributed by atoms with Crippen molar-refractivity contribution < 1.29 is 19.4 Å². The van der Waals surface area contributed by atoms with Gasteiger partial charge in [0.05, 0.1) is 30.8 Å². The molecule has 176 valence electrons. The summed E-state index contributed by atoms with van der Waals surface area (Å²) in [6.07, 6.45) is 1.13. The normalized spacial score (nSPS) is 13.6. The van der Waals surface area contributed by atoms with Gasteiger partial charge in [-0.3, -0.25) is 5.32 Å². The number of aromatic nitrogens is 3. The van der Waals surface area contributed by atoms with Crippen molar-refractivity contribution in [1.29, 1.82) is 0 Å². The quantitative estimate of drug-likeness (QED) is 0.355. The van der Waals surface area contributed by atoms with Gasteiger partial charge in [0, 0.05) is 23.0 Å². The Morgan fingerprint density at radius 3 is 2.71 bits per heavy atom. The fraction of sp³-hybridized carbons (Fsp3) is 0.208. The number of anilines is 2. The second-order valence-corrected chi connectivity index (χ2v) is 7.55. The maximum atomic E-state index is 11.7. The summed E-state index contributed by atoms with van der Waals surface area (Å²) >= 11 is 6.28. The molecule has 0 fully saturated rings. The molecule has 34 heavy (non-hydrogen) atoms. The average Bonchev–Trinajstić information content (AvgIpc) is 3.22. The van der Waals surface area contributed by atoms with Crippen LogP contribution in [0.25, 0.3) is 16.8 Å². The van der Waals surface area contributed by atoms with Gasteiger partial charge >= 0.3 is 6.09 Å². The molecule has 3 heterocycles. The lowest BCUT2D eigenvalue weighted by Gasteiger charge is -2.20. The predicted octanol–water partition coefficient (Wildman–Crippen LogP) is 5.48. The van der Waals surface area contributed by atoms with E-state index in [1.807, 2.05) is 44.2 Å². The van der Waals surface area contributed by atoms with Crippen molar-refractivity contribution in [2.45, 2.75) is 19.9 Å². The van der Waals surface area contributed by atoms with Crippen molar-refractivity contribution in [3.05, 3.63) is 64.8 Å². The molecule has 0 radical (unpaired) electrons. The maximum absolute atomic E-state index is 11.7. The monoisotopic (exact) mass is 481 g/mol. The molecule has 1 unspecified atom stereocenters. The SMILES string of the molecule is CC.COC(=O)Nc1nc2c3c(ccn3n1)C(c1cc(Cl)c(O)c(OC)c1)Nc1ccccc1-2. The van der Waals surface area contributed by atoms with E-state index < -0.39 is 6.09 Å². The van der Waals surface area contributed by atoms with Gasteiger partial charge in [-0.1, -0.05) is 43.6 Å². The van der Waals surface area contributed by atoms with E-state index in [9.17, 15) is 9.90 Å². The number of ether oxygens (including phenoxy) is 2. The van der Waals surface area contributed by atoms with Crippen molar-refractivity contribution in [3.63, 3.8) is 0 Å². The Morgan fingerprint density at radius 1 is 1.21 bits per heavy atom. The van der Waals surface area contributed by atoms with Crippen molar-refractivity contribution >= 4 is 34.8 Å². The minimum atomic E-state index is -0.660. The zero-order valence-electron chi connectivity index (χ0n) is 19.1. The first-order valence-electron chi connectivity index (χ1n) is 10.7. The van der Waals surface area contributed by atoms with E-state index in [2.05, 4.69) is 25.5 Å². The number of nitrogens with zero attached hydrogens (tertiary/aromatic N) is 3. The number of nitrogens with one attached hydrogen (secondary N) is 2. The van der Waals surface area contributed by atoms with Crippen molar-refractivity contribution in [3.8, 4) is 22.8 Å². The van der Waals surface area contributed by atoms with Crippen LogP contribution in [-0.4, -0.2) is 40.0 Å². The van der Waals surface area contributed by atoms with Crippen LogP contribution in [-0.2, 0) is 4.74 Å². The number of hydrogen-bond acceptors (Lipinski definition) is 7. The summed E-state index contributed by atoms with van der Waals surface area (Å²) in [7, 11) is 2.75. The minimum Gasteiger partial charge on any atom is -0.503 e. The Kier molecular flexibility index (Phi) is 6.47. The first-order chi connectivity index (χ1) is 16.5. The van der Waals surface area contributed by atoms with Crippen LogP contribution < -0.4 is 15.4 Å². The lowest BCUT2D eigenvalue weighted by molar-refractivity contribution is 0.186. The number of carbonyl (C=O) groups is 1. The first-order valence-corrected chi connectivity index (χ1v) is 11.0. The number of amides is 1. The molecule has 2 aromatic carbocycles. The highest BCUT2D eigenvalue weighted by Gasteiger charge is 2.28. The number of halogens is 1. The van der Waals surface area contributed by atoms with Gasteiger partial charge in [0.15, 0.2) is 11.5 Å². The highest BCUT2D eigenvalue weighted by molar-refractivity contribution is 6.32. The third-order valence-corrected chi connectivity index (χ3v) is 5.63. The Balaban J connectivity index is 0.00000133. The van der Waals surface area contributed by atoms with Gasteiger partial charge in [-0.15, -0.1) is 5.10 Å².